The minimum absolute atomic E-state index is 0.0610. The van der Waals surface area contributed by atoms with Crippen LogP contribution in [0.3, 0.4) is 0 Å². The van der Waals surface area contributed by atoms with E-state index in [9.17, 15) is 8.42 Å². The Balaban J connectivity index is 2.24. The van der Waals surface area contributed by atoms with Gasteiger partial charge in [0.2, 0.25) is 0 Å². The van der Waals surface area contributed by atoms with Gasteiger partial charge in [0.25, 0.3) is 0 Å². The third kappa shape index (κ3) is 3.74. The quantitative estimate of drug-likeness (QED) is 0.715. The summed E-state index contributed by atoms with van der Waals surface area (Å²) in [5.74, 6) is 0.586. The molecule has 1 saturated heterocycles. The molecule has 1 heterocycles. The van der Waals surface area contributed by atoms with Crippen LogP contribution in [-0.4, -0.2) is 50.0 Å². The molecule has 15 heavy (non-hydrogen) atoms. The van der Waals surface area contributed by atoms with Gasteiger partial charge in [-0.3, -0.25) is 4.90 Å². The van der Waals surface area contributed by atoms with Gasteiger partial charge < -0.3 is 5.73 Å². The topological polar surface area (TPSA) is 63.4 Å². The summed E-state index contributed by atoms with van der Waals surface area (Å²) in [7, 11) is -2.83. The fraction of sp³-hybridized carbons (Fsp3) is 1.00. The molecule has 0 spiro atoms. The molecule has 1 fully saturated rings. The van der Waals surface area contributed by atoms with Crippen LogP contribution in [0.25, 0.3) is 0 Å². The van der Waals surface area contributed by atoms with E-state index in [0.717, 1.165) is 19.5 Å². The van der Waals surface area contributed by atoms with Gasteiger partial charge in [0.1, 0.15) is 0 Å². The van der Waals surface area contributed by atoms with E-state index < -0.39 is 9.84 Å². The number of nitrogens with zero attached hydrogens (tertiary/aromatic N) is 1. The largest absolute Gasteiger partial charge is 0.323 e. The first-order valence-corrected chi connectivity index (χ1v) is 7.44. The van der Waals surface area contributed by atoms with Gasteiger partial charge >= 0.3 is 0 Å². The molecule has 0 bridgehead atoms. The Morgan fingerprint density at radius 3 is 2.33 bits per heavy atom. The summed E-state index contributed by atoms with van der Waals surface area (Å²) in [4.78, 5) is 2.12. The fourth-order valence-electron chi connectivity index (χ4n) is 1.91. The standard InChI is InChI=1S/C10H22N2O2S/c1-3-6-15(13,14)7-5-12-8-10(11,4-2)9-12/h3-9,11H2,1-2H3. The molecule has 1 aliphatic heterocycles. The summed E-state index contributed by atoms with van der Waals surface area (Å²) >= 11 is 0. The average Bonchev–Trinajstić information content (AvgIpc) is 2.10. The second-order valence-electron chi connectivity index (χ2n) is 4.58. The van der Waals surface area contributed by atoms with E-state index >= 15 is 0 Å². The molecule has 0 aliphatic carbocycles. The zero-order valence-electron chi connectivity index (χ0n) is 9.70. The van der Waals surface area contributed by atoms with Crippen LogP contribution in [0, 0.1) is 0 Å². The molecule has 4 nitrogen and oxygen atoms in total. The van der Waals surface area contributed by atoms with E-state index in [2.05, 4.69) is 11.8 Å². The lowest BCUT2D eigenvalue weighted by Gasteiger charge is -2.47. The highest BCUT2D eigenvalue weighted by molar-refractivity contribution is 7.91. The molecule has 0 saturated carbocycles. The molecule has 90 valence electrons. The number of rotatable bonds is 6. The first-order chi connectivity index (χ1) is 6.91. The molecule has 0 aromatic rings. The normalized spacial score (nSPS) is 21.3. The van der Waals surface area contributed by atoms with Gasteiger partial charge in [-0.2, -0.15) is 0 Å². The molecule has 1 aliphatic rings. The van der Waals surface area contributed by atoms with Crippen molar-refractivity contribution in [3.8, 4) is 0 Å². The first-order valence-electron chi connectivity index (χ1n) is 5.62. The predicted molar refractivity (Wildman–Crippen MR) is 62.6 cm³/mol. The summed E-state index contributed by atoms with van der Waals surface area (Å²) in [6, 6.07) is 0. The summed E-state index contributed by atoms with van der Waals surface area (Å²) in [6.07, 6.45) is 1.67. The molecule has 0 amide bonds. The minimum Gasteiger partial charge on any atom is -0.323 e. The van der Waals surface area contributed by atoms with Crippen molar-refractivity contribution in [2.45, 2.75) is 32.2 Å². The van der Waals surface area contributed by atoms with E-state index in [4.69, 9.17) is 5.73 Å². The predicted octanol–water partition coefficient (Wildman–Crippen LogP) is 0.234. The van der Waals surface area contributed by atoms with Crippen molar-refractivity contribution >= 4 is 9.84 Å². The summed E-state index contributed by atoms with van der Waals surface area (Å²) in [5, 5.41) is 0. The Kier molecular flexibility index (Phi) is 4.14. The lowest BCUT2D eigenvalue weighted by atomic mass is 9.88. The summed E-state index contributed by atoms with van der Waals surface area (Å²) in [5.41, 5.74) is 5.94. The maximum Gasteiger partial charge on any atom is 0.151 e. The molecule has 0 aromatic heterocycles. The zero-order chi connectivity index (χ0) is 11.5. The monoisotopic (exact) mass is 234 g/mol. The van der Waals surface area contributed by atoms with Gasteiger partial charge in [-0.25, -0.2) is 8.42 Å². The van der Waals surface area contributed by atoms with Crippen molar-refractivity contribution in [2.75, 3.05) is 31.1 Å². The zero-order valence-corrected chi connectivity index (χ0v) is 10.5. The van der Waals surface area contributed by atoms with E-state index in [1.165, 1.54) is 0 Å². The van der Waals surface area contributed by atoms with Gasteiger partial charge in [-0.1, -0.05) is 13.8 Å². The highest BCUT2D eigenvalue weighted by Crippen LogP contribution is 2.20. The second-order valence-corrected chi connectivity index (χ2v) is 6.88. The summed E-state index contributed by atoms with van der Waals surface area (Å²) in [6.45, 7) is 6.28. The smallest absolute Gasteiger partial charge is 0.151 e. The van der Waals surface area contributed by atoms with Crippen LogP contribution in [0.2, 0.25) is 0 Å². The first kappa shape index (κ1) is 12.9. The number of sulfone groups is 1. The van der Waals surface area contributed by atoms with E-state index in [-0.39, 0.29) is 11.3 Å². The number of hydrogen-bond donors (Lipinski definition) is 1. The van der Waals surface area contributed by atoms with Crippen molar-refractivity contribution in [2.24, 2.45) is 5.73 Å². The molecule has 0 aromatic carbocycles. The maximum absolute atomic E-state index is 11.4. The average molecular weight is 234 g/mol. The van der Waals surface area contributed by atoms with Gasteiger partial charge in [0, 0.05) is 30.9 Å². The number of hydrogen-bond acceptors (Lipinski definition) is 4. The van der Waals surface area contributed by atoms with Crippen LogP contribution in [0.1, 0.15) is 26.7 Å². The Hall–Kier alpha value is -0.130. The Morgan fingerprint density at radius 2 is 1.87 bits per heavy atom. The summed E-state index contributed by atoms with van der Waals surface area (Å²) < 4.78 is 22.9. The van der Waals surface area contributed by atoms with Crippen molar-refractivity contribution in [3.05, 3.63) is 0 Å². The van der Waals surface area contributed by atoms with Crippen molar-refractivity contribution in [1.82, 2.24) is 4.90 Å². The molecule has 0 radical (unpaired) electrons. The molecule has 5 heteroatoms. The Bertz CT molecular complexity index is 295. The number of nitrogens with two attached hydrogens (primary N) is 1. The van der Waals surface area contributed by atoms with E-state index in [1.807, 2.05) is 6.92 Å². The molecular weight excluding hydrogens is 212 g/mol. The highest BCUT2D eigenvalue weighted by atomic mass is 32.2. The molecule has 1 rings (SSSR count). The molecule has 2 N–H and O–H groups in total. The van der Waals surface area contributed by atoms with Gasteiger partial charge in [-0.15, -0.1) is 0 Å². The van der Waals surface area contributed by atoms with Crippen LogP contribution in [-0.2, 0) is 9.84 Å². The third-order valence-corrected chi connectivity index (χ3v) is 4.85. The third-order valence-electron chi connectivity index (χ3n) is 3.01. The lowest BCUT2D eigenvalue weighted by Crippen LogP contribution is -2.67. The van der Waals surface area contributed by atoms with E-state index in [0.29, 0.717) is 18.7 Å². The van der Waals surface area contributed by atoms with Crippen LogP contribution in [0.5, 0.6) is 0 Å². The SMILES string of the molecule is CCCS(=O)(=O)CCN1CC(N)(CC)C1. The molecule has 0 atom stereocenters. The van der Waals surface area contributed by atoms with Crippen molar-refractivity contribution < 1.29 is 8.42 Å². The highest BCUT2D eigenvalue weighted by Gasteiger charge is 2.37. The van der Waals surface area contributed by atoms with Crippen LogP contribution in [0.15, 0.2) is 0 Å². The molecule has 0 unspecified atom stereocenters. The van der Waals surface area contributed by atoms with Gasteiger partial charge in [-0.05, 0) is 12.8 Å². The van der Waals surface area contributed by atoms with Crippen LogP contribution >= 0.6 is 0 Å². The maximum atomic E-state index is 11.4. The van der Waals surface area contributed by atoms with Crippen LogP contribution in [0.4, 0.5) is 0 Å². The van der Waals surface area contributed by atoms with E-state index in [1.54, 1.807) is 0 Å². The van der Waals surface area contributed by atoms with Crippen molar-refractivity contribution in [3.63, 3.8) is 0 Å². The lowest BCUT2D eigenvalue weighted by molar-refractivity contribution is 0.0746. The molecular formula is C10H22N2O2S. The fourth-order valence-corrected chi connectivity index (χ4v) is 3.27. The van der Waals surface area contributed by atoms with Gasteiger partial charge in [0.05, 0.1) is 5.75 Å². The minimum atomic E-state index is -2.83. The van der Waals surface area contributed by atoms with Crippen molar-refractivity contribution in [1.29, 1.82) is 0 Å². The van der Waals surface area contributed by atoms with Gasteiger partial charge in [0.15, 0.2) is 9.84 Å². The number of likely N-dealkylation sites (tertiary alicyclic amines) is 1. The Labute approximate surface area is 92.7 Å². The van der Waals surface area contributed by atoms with Crippen LogP contribution < -0.4 is 5.73 Å². The Morgan fingerprint density at radius 1 is 1.27 bits per heavy atom. The second kappa shape index (κ2) is 4.80.